The van der Waals surface area contributed by atoms with E-state index >= 15 is 0 Å². The van der Waals surface area contributed by atoms with Crippen molar-refractivity contribution in [1.82, 2.24) is 5.32 Å². The van der Waals surface area contributed by atoms with E-state index < -0.39 is 23.7 Å². The zero-order valence-corrected chi connectivity index (χ0v) is 10.9. The topological polar surface area (TPSA) is 78.4 Å². The molecule has 19 heavy (non-hydrogen) atoms. The monoisotopic (exact) mass is 268 g/mol. The van der Waals surface area contributed by atoms with Crippen LogP contribution in [0, 0.1) is 18.7 Å². The van der Waals surface area contributed by atoms with E-state index in [2.05, 4.69) is 10.6 Å². The predicted octanol–water partition coefficient (Wildman–Crippen LogP) is 2.37. The summed E-state index contributed by atoms with van der Waals surface area (Å²) in [7, 11) is 0. The third-order valence-electron chi connectivity index (χ3n) is 2.80. The van der Waals surface area contributed by atoms with Gasteiger partial charge in [-0.3, -0.25) is 4.79 Å². The van der Waals surface area contributed by atoms with Gasteiger partial charge >= 0.3 is 12.0 Å². The molecular weight excluding hydrogens is 251 g/mol. The molecule has 0 aliphatic rings. The highest BCUT2D eigenvalue weighted by Crippen LogP contribution is 2.16. The fourth-order valence-corrected chi connectivity index (χ4v) is 1.44. The van der Waals surface area contributed by atoms with E-state index in [0.717, 1.165) is 0 Å². The lowest BCUT2D eigenvalue weighted by Gasteiger charge is -2.11. The number of halogens is 1. The number of amides is 2. The van der Waals surface area contributed by atoms with Crippen LogP contribution in [0.25, 0.3) is 0 Å². The number of benzene rings is 1. The molecule has 0 saturated heterocycles. The number of hydrogen-bond acceptors (Lipinski definition) is 2. The van der Waals surface area contributed by atoms with E-state index in [4.69, 9.17) is 5.11 Å². The molecule has 3 N–H and O–H groups in total. The molecule has 2 amide bonds. The molecule has 0 aliphatic heterocycles. The summed E-state index contributed by atoms with van der Waals surface area (Å²) in [6.45, 7) is 3.38. The molecule has 0 bridgehead atoms. The van der Waals surface area contributed by atoms with Gasteiger partial charge in [-0.05, 0) is 25.5 Å². The van der Waals surface area contributed by atoms with Crippen LogP contribution < -0.4 is 10.6 Å². The Kier molecular flexibility index (Phi) is 5.29. The highest BCUT2D eigenvalue weighted by molar-refractivity contribution is 5.90. The fraction of sp³-hybridized carbons (Fsp3) is 0.385. The van der Waals surface area contributed by atoms with Gasteiger partial charge in [-0.1, -0.05) is 13.0 Å². The van der Waals surface area contributed by atoms with Crippen LogP contribution in [-0.2, 0) is 4.79 Å². The number of carboxylic acids is 1. The van der Waals surface area contributed by atoms with Crippen LogP contribution in [0.2, 0.25) is 0 Å². The van der Waals surface area contributed by atoms with Gasteiger partial charge in [0.15, 0.2) is 0 Å². The molecule has 0 aromatic heterocycles. The first-order chi connectivity index (χ1) is 8.91. The van der Waals surface area contributed by atoms with Crippen molar-refractivity contribution in [2.75, 3.05) is 11.9 Å². The van der Waals surface area contributed by atoms with Crippen LogP contribution in [0.15, 0.2) is 18.2 Å². The van der Waals surface area contributed by atoms with E-state index in [1.165, 1.54) is 12.1 Å². The predicted molar refractivity (Wildman–Crippen MR) is 69.6 cm³/mol. The van der Waals surface area contributed by atoms with E-state index in [9.17, 15) is 14.0 Å². The normalized spacial score (nSPS) is 11.7. The second kappa shape index (κ2) is 6.72. The van der Waals surface area contributed by atoms with Gasteiger partial charge < -0.3 is 15.7 Å². The number of nitrogens with one attached hydrogen (secondary N) is 2. The molecule has 1 aromatic rings. The van der Waals surface area contributed by atoms with E-state index in [1.54, 1.807) is 19.9 Å². The number of hydrogen-bond donors (Lipinski definition) is 3. The largest absolute Gasteiger partial charge is 0.481 e. The average Bonchev–Trinajstić information content (AvgIpc) is 2.34. The highest BCUT2D eigenvalue weighted by atomic mass is 19.1. The molecular formula is C13H17FN2O3. The van der Waals surface area contributed by atoms with Crippen LogP contribution in [-0.4, -0.2) is 23.7 Å². The van der Waals surface area contributed by atoms with Gasteiger partial charge in [-0.2, -0.15) is 0 Å². The Hall–Kier alpha value is -2.11. The molecule has 0 saturated carbocycles. The Morgan fingerprint density at radius 2 is 2.11 bits per heavy atom. The number of urea groups is 1. The lowest BCUT2D eigenvalue weighted by Crippen LogP contribution is -2.31. The van der Waals surface area contributed by atoms with Crippen LogP contribution in [0.5, 0.6) is 0 Å². The second-order valence-corrected chi connectivity index (χ2v) is 4.32. The van der Waals surface area contributed by atoms with Gasteiger partial charge in [0.25, 0.3) is 0 Å². The number of anilines is 1. The van der Waals surface area contributed by atoms with Gasteiger partial charge in [0.05, 0.1) is 5.92 Å². The average molecular weight is 268 g/mol. The van der Waals surface area contributed by atoms with Crippen molar-refractivity contribution < 1.29 is 19.1 Å². The zero-order valence-electron chi connectivity index (χ0n) is 10.9. The summed E-state index contributed by atoms with van der Waals surface area (Å²) in [6.07, 6.45) is 0.338. The van der Waals surface area contributed by atoms with Crippen LogP contribution in [0.1, 0.15) is 18.9 Å². The highest BCUT2D eigenvalue weighted by Gasteiger charge is 2.11. The Balaban J connectivity index is 2.43. The molecule has 0 spiro atoms. The minimum Gasteiger partial charge on any atom is -0.481 e. The Bertz CT molecular complexity index is 477. The zero-order chi connectivity index (χ0) is 14.4. The fourth-order valence-electron chi connectivity index (χ4n) is 1.44. The minimum atomic E-state index is -0.900. The summed E-state index contributed by atoms with van der Waals surface area (Å²) in [4.78, 5) is 22.1. The van der Waals surface area contributed by atoms with Crippen molar-refractivity contribution in [2.45, 2.75) is 20.3 Å². The molecule has 104 valence electrons. The summed E-state index contributed by atoms with van der Waals surface area (Å²) in [6, 6.07) is 3.93. The molecule has 0 heterocycles. The van der Waals surface area contributed by atoms with Gasteiger partial charge in [-0.25, -0.2) is 9.18 Å². The summed E-state index contributed by atoms with van der Waals surface area (Å²) in [5.41, 5.74) is 0.750. The standard InChI is InChI=1S/C13H17FN2O3/c1-8(12(17)18)6-7-15-13(19)16-11-5-3-4-10(14)9(11)2/h3-5,8H,6-7H2,1-2H3,(H,17,18)(H2,15,16,19). The first kappa shape index (κ1) is 14.9. The maximum Gasteiger partial charge on any atom is 0.319 e. The van der Waals surface area contributed by atoms with E-state index in [0.29, 0.717) is 17.7 Å². The number of rotatable bonds is 5. The summed E-state index contributed by atoms with van der Waals surface area (Å²) < 4.78 is 13.2. The molecule has 1 atom stereocenters. The van der Waals surface area contributed by atoms with Crippen LogP contribution in [0.3, 0.4) is 0 Å². The van der Waals surface area contributed by atoms with Gasteiger partial charge in [-0.15, -0.1) is 0 Å². The molecule has 1 unspecified atom stereocenters. The summed E-state index contributed by atoms with van der Waals surface area (Å²) in [5.74, 6) is -1.81. The summed E-state index contributed by atoms with van der Waals surface area (Å²) in [5, 5.41) is 13.7. The quantitative estimate of drug-likeness (QED) is 0.767. The Morgan fingerprint density at radius 3 is 2.74 bits per heavy atom. The van der Waals surface area contributed by atoms with Gasteiger partial charge in [0.2, 0.25) is 0 Å². The maximum atomic E-state index is 13.2. The van der Waals surface area contributed by atoms with Crippen LogP contribution in [0.4, 0.5) is 14.9 Å². The second-order valence-electron chi connectivity index (χ2n) is 4.32. The van der Waals surface area contributed by atoms with Crippen LogP contribution >= 0.6 is 0 Å². The molecule has 0 radical (unpaired) electrons. The third-order valence-corrected chi connectivity index (χ3v) is 2.80. The lowest BCUT2D eigenvalue weighted by atomic mass is 10.1. The number of carboxylic acid groups (broad SMARTS) is 1. The Morgan fingerprint density at radius 1 is 1.42 bits per heavy atom. The van der Waals surface area contributed by atoms with E-state index in [-0.39, 0.29) is 6.54 Å². The molecule has 6 heteroatoms. The van der Waals surface area contributed by atoms with Crippen molar-refractivity contribution in [1.29, 1.82) is 0 Å². The number of aliphatic carboxylic acids is 1. The SMILES string of the molecule is Cc1c(F)cccc1NC(=O)NCCC(C)C(=O)O. The smallest absolute Gasteiger partial charge is 0.319 e. The molecule has 0 fully saturated rings. The first-order valence-corrected chi connectivity index (χ1v) is 5.94. The first-order valence-electron chi connectivity index (χ1n) is 5.94. The number of carbonyl (C=O) groups excluding carboxylic acids is 1. The molecule has 0 aliphatic carbocycles. The van der Waals surface area contributed by atoms with Gasteiger partial charge in [0, 0.05) is 17.8 Å². The van der Waals surface area contributed by atoms with Gasteiger partial charge in [0.1, 0.15) is 5.82 Å². The van der Waals surface area contributed by atoms with Crippen molar-refractivity contribution in [2.24, 2.45) is 5.92 Å². The molecule has 1 rings (SSSR count). The lowest BCUT2D eigenvalue weighted by molar-refractivity contribution is -0.141. The Labute approximate surface area is 110 Å². The number of carbonyl (C=O) groups is 2. The van der Waals surface area contributed by atoms with Crippen molar-refractivity contribution in [3.05, 3.63) is 29.6 Å². The molecule has 5 nitrogen and oxygen atoms in total. The minimum absolute atomic E-state index is 0.244. The third kappa shape index (κ3) is 4.57. The van der Waals surface area contributed by atoms with Crippen molar-refractivity contribution in [3.63, 3.8) is 0 Å². The van der Waals surface area contributed by atoms with Crippen molar-refractivity contribution >= 4 is 17.7 Å². The summed E-state index contributed by atoms with van der Waals surface area (Å²) >= 11 is 0. The maximum absolute atomic E-state index is 13.2. The molecule has 1 aromatic carbocycles. The van der Waals surface area contributed by atoms with E-state index in [1.807, 2.05) is 0 Å². The van der Waals surface area contributed by atoms with Crippen molar-refractivity contribution in [3.8, 4) is 0 Å².